The lowest BCUT2D eigenvalue weighted by Crippen LogP contribution is -2.21. The summed E-state index contributed by atoms with van der Waals surface area (Å²) in [6.07, 6.45) is 3.49. The van der Waals surface area contributed by atoms with Crippen molar-refractivity contribution in [1.82, 2.24) is 15.3 Å². The van der Waals surface area contributed by atoms with Crippen LogP contribution in [0, 0.1) is 5.92 Å². The van der Waals surface area contributed by atoms with Crippen LogP contribution >= 0.6 is 0 Å². The molecule has 0 aliphatic rings. The molecule has 0 fully saturated rings. The number of nitrogens with one attached hydrogen (secondary N) is 1. The van der Waals surface area contributed by atoms with E-state index in [4.69, 9.17) is 4.74 Å². The van der Waals surface area contributed by atoms with E-state index >= 15 is 0 Å². The molecule has 0 saturated carbocycles. The fourth-order valence-electron chi connectivity index (χ4n) is 1.57. The Morgan fingerprint density at radius 3 is 2.68 bits per heavy atom. The van der Waals surface area contributed by atoms with Gasteiger partial charge in [-0.15, -0.1) is 0 Å². The van der Waals surface area contributed by atoms with Crippen molar-refractivity contribution in [2.45, 2.75) is 40.2 Å². The third-order valence-electron chi connectivity index (χ3n) is 2.57. The molecule has 0 radical (unpaired) electrons. The average Bonchev–Trinajstić information content (AvgIpc) is 2.36. The maximum absolute atomic E-state index is 5.60. The molecule has 1 N–H and O–H groups in total. The largest absolute Gasteiger partial charge is 0.486 e. The molecular formula is C15H25N3O. The van der Waals surface area contributed by atoms with E-state index in [9.17, 15) is 0 Å². The molecule has 106 valence electrons. The molecule has 0 aliphatic carbocycles. The van der Waals surface area contributed by atoms with Crippen molar-refractivity contribution in [1.29, 1.82) is 0 Å². The van der Waals surface area contributed by atoms with Crippen molar-refractivity contribution in [2.75, 3.05) is 13.2 Å². The first-order valence-electron chi connectivity index (χ1n) is 6.84. The smallest absolute Gasteiger partial charge is 0.160 e. The first-order valence-corrected chi connectivity index (χ1v) is 6.84. The third kappa shape index (κ3) is 5.39. The molecule has 0 aliphatic heterocycles. The van der Waals surface area contributed by atoms with Gasteiger partial charge in [0.2, 0.25) is 0 Å². The van der Waals surface area contributed by atoms with Gasteiger partial charge in [-0.3, -0.25) is 0 Å². The van der Waals surface area contributed by atoms with Crippen LogP contribution in [0.15, 0.2) is 18.9 Å². The van der Waals surface area contributed by atoms with Crippen LogP contribution in [0.5, 0.6) is 5.75 Å². The SMILES string of the molecule is C=CCOc1cnc(C(C)C)nc1CNCC(C)C. The number of hydrogen-bond acceptors (Lipinski definition) is 4. The van der Waals surface area contributed by atoms with E-state index in [1.165, 1.54) is 0 Å². The van der Waals surface area contributed by atoms with Gasteiger partial charge in [-0.25, -0.2) is 9.97 Å². The number of nitrogens with zero attached hydrogens (tertiary/aromatic N) is 2. The summed E-state index contributed by atoms with van der Waals surface area (Å²) in [7, 11) is 0. The highest BCUT2D eigenvalue weighted by Crippen LogP contribution is 2.18. The summed E-state index contributed by atoms with van der Waals surface area (Å²) >= 11 is 0. The van der Waals surface area contributed by atoms with Gasteiger partial charge in [0.1, 0.15) is 12.4 Å². The Kier molecular flexibility index (Phi) is 6.50. The Bertz CT molecular complexity index is 402. The lowest BCUT2D eigenvalue weighted by atomic mass is 10.2. The number of hydrogen-bond donors (Lipinski definition) is 1. The minimum atomic E-state index is 0.317. The maximum Gasteiger partial charge on any atom is 0.160 e. The Labute approximate surface area is 116 Å². The predicted octanol–water partition coefficient (Wildman–Crippen LogP) is 2.91. The normalized spacial score (nSPS) is 11.1. The van der Waals surface area contributed by atoms with Crippen molar-refractivity contribution in [2.24, 2.45) is 5.92 Å². The molecule has 1 heterocycles. The molecule has 4 nitrogen and oxygen atoms in total. The molecule has 1 aromatic rings. The second-order valence-electron chi connectivity index (χ2n) is 5.32. The summed E-state index contributed by atoms with van der Waals surface area (Å²) in [6, 6.07) is 0. The van der Waals surface area contributed by atoms with Gasteiger partial charge in [-0.05, 0) is 12.5 Å². The van der Waals surface area contributed by atoms with E-state index in [0.717, 1.165) is 23.8 Å². The minimum absolute atomic E-state index is 0.317. The molecule has 0 amide bonds. The van der Waals surface area contributed by atoms with E-state index in [1.807, 2.05) is 0 Å². The standard InChI is InChI=1S/C15H25N3O/c1-6-7-19-14-10-17-15(12(4)5)18-13(14)9-16-8-11(2)3/h6,10-12,16H,1,7-9H2,2-5H3. The highest BCUT2D eigenvalue weighted by atomic mass is 16.5. The number of rotatable bonds is 8. The molecule has 1 rings (SSSR count). The Morgan fingerprint density at radius 2 is 2.11 bits per heavy atom. The summed E-state index contributed by atoms with van der Waals surface area (Å²) in [4.78, 5) is 8.93. The van der Waals surface area contributed by atoms with Gasteiger partial charge >= 0.3 is 0 Å². The second-order valence-corrected chi connectivity index (χ2v) is 5.32. The van der Waals surface area contributed by atoms with Crippen molar-refractivity contribution in [3.63, 3.8) is 0 Å². The van der Waals surface area contributed by atoms with Crippen molar-refractivity contribution in [3.8, 4) is 5.75 Å². The summed E-state index contributed by atoms with van der Waals surface area (Å²) < 4.78 is 5.60. The molecule has 4 heteroatoms. The molecule has 1 aromatic heterocycles. The fourth-order valence-corrected chi connectivity index (χ4v) is 1.57. The molecule has 0 saturated heterocycles. The van der Waals surface area contributed by atoms with Crippen LogP contribution in [0.4, 0.5) is 0 Å². The lowest BCUT2D eigenvalue weighted by molar-refractivity contribution is 0.352. The van der Waals surface area contributed by atoms with E-state index in [-0.39, 0.29) is 0 Å². The Balaban J connectivity index is 2.80. The van der Waals surface area contributed by atoms with Crippen molar-refractivity contribution >= 4 is 0 Å². The van der Waals surface area contributed by atoms with E-state index in [2.05, 4.69) is 49.6 Å². The van der Waals surface area contributed by atoms with E-state index in [1.54, 1.807) is 12.3 Å². The third-order valence-corrected chi connectivity index (χ3v) is 2.57. The van der Waals surface area contributed by atoms with Crippen molar-refractivity contribution < 1.29 is 4.74 Å². The molecule has 0 spiro atoms. The first kappa shape index (κ1) is 15.6. The molecule has 0 bridgehead atoms. The van der Waals surface area contributed by atoms with Crippen LogP contribution in [0.25, 0.3) is 0 Å². The zero-order valence-corrected chi connectivity index (χ0v) is 12.4. The maximum atomic E-state index is 5.60. The molecule has 0 aromatic carbocycles. The first-order chi connectivity index (χ1) is 9.04. The summed E-state index contributed by atoms with van der Waals surface area (Å²) in [6.45, 7) is 14.3. The van der Waals surface area contributed by atoms with Gasteiger partial charge in [0.05, 0.1) is 11.9 Å². The van der Waals surface area contributed by atoms with E-state index in [0.29, 0.717) is 25.0 Å². The fraction of sp³-hybridized carbons (Fsp3) is 0.600. The Morgan fingerprint density at radius 1 is 1.37 bits per heavy atom. The van der Waals surface area contributed by atoms with Crippen LogP contribution in [-0.4, -0.2) is 23.1 Å². The van der Waals surface area contributed by atoms with Crippen LogP contribution in [0.2, 0.25) is 0 Å². The molecular weight excluding hydrogens is 238 g/mol. The van der Waals surface area contributed by atoms with E-state index < -0.39 is 0 Å². The zero-order chi connectivity index (χ0) is 14.3. The predicted molar refractivity (Wildman–Crippen MR) is 78.4 cm³/mol. The molecule has 0 unspecified atom stereocenters. The monoisotopic (exact) mass is 263 g/mol. The van der Waals surface area contributed by atoms with Gasteiger partial charge < -0.3 is 10.1 Å². The summed E-state index contributed by atoms with van der Waals surface area (Å²) in [5.74, 6) is 2.52. The number of aromatic nitrogens is 2. The van der Waals surface area contributed by atoms with Gasteiger partial charge in [-0.2, -0.15) is 0 Å². The molecule has 0 atom stereocenters. The average molecular weight is 263 g/mol. The Hall–Kier alpha value is -1.42. The summed E-state index contributed by atoms with van der Waals surface area (Å²) in [5.41, 5.74) is 0.918. The molecule has 19 heavy (non-hydrogen) atoms. The van der Waals surface area contributed by atoms with Gasteiger partial charge in [-0.1, -0.05) is 40.3 Å². The van der Waals surface area contributed by atoms with Crippen molar-refractivity contribution in [3.05, 3.63) is 30.4 Å². The summed E-state index contributed by atoms with van der Waals surface area (Å²) in [5, 5.41) is 3.39. The van der Waals surface area contributed by atoms with Gasteiger partial charge in [0.25, 0.3) is 0 Å². The highest BCUT2D eigenvalue weighted by Gasteiger charge is 2.10. The second kappa shape index (κ2) is 7.89. The van der Waals surface area contributed by atoms with Crippen LogP contribution in [0.1, 0.15) is 45.1 Å². The van der Waals surface area contributed by atoms with Crippen LogP contribution in [0.3, 0.4) is 0 Å². The van der Waals surface area contributed by atoms with Gasteiger partial charge in [0, 0.05) is 12.5 Å². The highest BCUT2D eigenvalue weighted by molar-refractivity contribution is 5.25. The minimum Gasteiger partial charge on any atom is -0.486 e. The zero-order valence-electron chi connectivity index (χ0n) is 12.4. The van der Waals surface area contributed by atoms with Gasteiger partial charge in [0.15, 0.2) is 5.75 Å². The lowest BCUT2D eigenvalue weighted by Gasteiger charge is -2.13. The quantitative estimate of drug-likeness (QED) is 0.733. The number of ether oxygens (including phenoxy) is 1. The topological polar surface area (TPSA) is 47.0 Å². The van der Waals surface area contributed by atoms with Crippen LogP contribution < -0.4 is 10.1 Å². The van der Waals surface area contributed by atoms with Crippen LogP contribution in [-0.2, 0) is 6.54 Å².